The van der Waals surface area contributed by atoms with E-state index in [1.165, 1.54) is 11.3 Å². The topological polar surface area (TPSA) is 90.8 Å². The van der Waals surface area contributed by atoms with Gasteiger partial charge in [0.15, 0.2) is 0 Å². The largest absolute Gasteiger partial charge is 0.387 e. The number of aliphatic hydroxyl groups is 1. The van der Waals surface area contributed by atoms with E-state index in [0.717, 1.165) is 48.0 Å². The molecule has 2 fully saturated rings. The van der Waals surface area contributed by atoms with Gasteiger partial charge in [-0.3, -0.25) is 4.79 Å². The van der Waals surface area contributed by atoms with Crippen LogP contribution in [0.15, 0.2) is 18.5 Å². The SMILES string of the molecule is C[C@@H]1C[C@H](O)c2ncnc(N3CCN(C(=O)[C@H](CNC4CCOCC4)c4ccc(Cl)s4)CC3)c21. The number of halogens is 1. The molecule has 0 bridgehead atoms. The van der Waals surface area contributed by atoms with Gasteiger partial charge in [0.1, 0.15) is 12.1 Å². The Morgan fingerprint density at radius 3 is 2.74 bits per heavy atom. The molecule has 1 aliphatic carbocycles. The van der Waals surface area contributed by atoms with Gasteiger partial charge >= 0.3 is 0 Å². The molecule has 5 rings (SSSR count). The average molecular weight is 506 g/mol. The third-order valence-corrected chi connectivity index (χ3v) is 8.58. The lowest BCUT2D eigenvalue weighted by Crippen LogP contribution is -2.51. The first-order valence-electron chi connectivity index (χ1n) is 12.1. The lowest BCUT2D eigenvalue weighted by molar-refractivity contribution is -0.133. The number of carbonyl (C=O) groups is 1. The minimum Gasteiger partial charge on any atom is -0.387 e. The van der Waals surface area contributed by atoms with Crippen molar-refractivity contribution in [3.05, 3.63) is 38.9 Å². The Hall–Kier alpha value is -1.78. The second kappa shape index (κ2) is 10.5. The summed E-state index contributed by atoms with van der Waals surface area (Å²) in [6, 6.07) is 4.24. The van der Waals surface area contributed by atoms with E-state index in [-0.39, 0.29) is 17.7 Å². The third kappa shape index (κ3) is 4.95. The molecule has 2 N–H and O–H groups in total. The van der Waals surface area contributed by atoms with E-state index in [4.69, 9.17) is 16.3 Å². The predicted molar refractivity (Wildman–Crippen MR) is 133 cm³/mol. The Bertz CT molecular complexity index is 1010. The normalized spacial score (nSPS) is 24.3. The summed E-state index contributed by atoms with van der Waals surface area (Å²) in [6.45, 7) is 6.96. The molecule has 3 atom stereocenters. The quantitative estimate of drug-likeness (QED) is 0.623. The molecular weight excluding hydrogens is 474 g/mol. The van der Waals surface area contributed by atoms with Crippen molar-refractivity contribution in [1.29, 1.82) is 0 Å². The van der Waals surface area contributed by atoms with Gasteiger partial charge in [-0.1, -0.05) is 18.5 Å². The number of carbonyl (C=O) groups excluding carboxylic acids is 1. The Balaban J connectivity index is 1.26. The van der Waals surface area contributed by atoms with Gasteiger partial charge in [0.2, 0.25) is 5.91 Å². The van der Waals surface area contributed by atoms with E-state index in [1.54, 1.807) is 6.33 Å². The van der Waals surface area contributed by atoms with Crippen LogP contribution >= 0.6 is 22.9 Å². The van der Waals surface area contributed by atoms with Crippen molar-refractivity contribution in [2.45, 2.75) is 50.2 Å². The van der Waals surface area contributed by atoms with Gasteiger partial charge in [-0.15, -0.1) is 11.3 Å². The number of nitrogens with one attached hydrogen (secondary N) is 1. The van der Waals surface area contributed by atoms with Gasteiger partial charge in [0.25, 0.3) is 0 Å². The van der Waals surface area contributed by atoms with Crippen molar-refractivity contribution in [2.75, 3.05) is 50.8 Å². The van der Waals surface area contributed by atoms with E-state index in [2.05, 4.69) is 27.1 Å². The number of aliphatic hydroxyl groups excluding tert-OH is 1. The van der Waals surface area contributed by atoms with Crippen LogP contribution in [-0.4, -0.2) is 77.9 Å². The maximum atomic E-state index is 13.7. The summed E-state index contributed by atoms with van der Waals surface area (Å²) in [4.78, 5) is 27.8. The second-order valence-electron chi connectivity index (χ2n) is 9.45. The molecule has 2 aromatic rings. The highest BCUT2D eigenvalue weighted by molar-refractivity contribution is 7.16. The number of nitrogens with zero attached hydrogens (tertiary/aromatic N) is 4. The number of ether oxygens (including phenoxy) is 1. The highest BCUT2D eigenvalue weighted by Gasteiger charge is 2.35. The van der Waals surface area contributed by atoms with Crippen LogP contribution in [0.4, 0.5) is 5.82 Å². The molecule has 0 saturated carbocycles. The van der Waals surface area contributed by atoms with E-state index in [0.29, 0.717) is 49.5 Å². The lowest BCUT2D eigenvalue weighted by atomic mass is 10.0. The summed E-state index contributed by atoms with van der Waals surface area (Å²) in [6.07, 6.45) is 3.66. The van der Waals surface area contributed by atoms with Crippen LogP contribution < -0.4 is 10.2 Å². The molecule has 0 radical (unpaired) electrons. The standard InChI is InChI=1S/C24H32ClN5O3S/c1-15-12-18(31)22-21(15)23(28-14-27-22)29-6-8-30(9-7-29)24(32)17(19-2-3-20(25)34-19)13-26-16-4-10-33-11-5-16/h2-3,14-18,26,31H,4-13H2,1H3/t15-,17-,18+/m1/s1. The maximum Gasteiger partial charge on any atom is 0.232 e. The van der Waals surface area contributed by atoms with E-state index in [9.17, 15) is 9.90 Å². The van der Waals surface area contributed by atoms with Gasteiger partial charge < -0.3 is 25.0 Å². The number of hydrogen-bond donors (Lipinski definition) is 2. The minimum atomic E-state index is -0.517. The summed E-state index contributed by atoms with van der Waals surface area (Å²) in [7, 11) is 0. The fourth-order valence-corrected chi connectivity index (χ4v) is 6.48. The summed E-state index contributed by atoms with van der Waals surface area (Å²) >= 11 is 7.71. The first-order valence-corrected chi connectivity index (χ1v) is 13.3. The Kier molecular flexibility index (Phi) is 7.36. The smallest absolute Gasteiger partial charge is 0.232 e. The molecule has 0 unspecified atom stereocenters. The highest BCUT2D eigenvalue weighted by Crippen LogP contribution is 2.42. The third-order valence-electron chi connectivity index (χ3n) is 7.24. The summed E-state index contributed by atoms with van der Waals surface area (Å²) < 4.78 is 6.17. The van der Waals surface area contributed by atoms with Gasteiger partial charge in [-0.25, -0.2) is 9.97 Å². The first-order chi connectivity index (χ1) is 16.5. The number of hydrogen-bond acceptors (Lipinski definition) is 8. The molecule has 2 aromatic heterocycles. The molecular formula is C24H32ClN5O3S. The molecule has 0 spiro atoms. The van der Waals surface area contributed by atoms with Crippen molar-refractivity contribution in [3.8, 4) is 0 Å². The van der Waals surface area contributed by atoms with Crippen molar-refractivity contribution in [1.82, 2.24) is 20.2 Å². The predicted octanol–water partition coefficient (Wildman–Crippen LogP) is 2.93. The average Bonchev–Trinajstić information content (AvgIpc) is 3.42. The number of anilines is 1. The lowest BCUT2D eigenvalue weighted by Gasteiger charge is -2.38. The van der Waals surface area contributed by atoms with Gasteiger partial charge in [0, 0.05) is 62.4 Å². The van der Waals surface area contributed by atoms with Gasteiger partial charge in [-0.2, -0.15) is 0 Å². The fraction of sp³-hybridized carbons (Fsp3) is 0.625. The first kappa shape index (κ1) is 23.9. The van der Waals surface area contributed by atoms with Crippen LogP contribution in [-0.2, 0) is 9.53 Å². The monoisotopic (exact) mass is 505 g/mol. The molecule has 2 saturated heterocycles. The van der Waals surface area contributed by atoms with Crippen molar-refractivity contribution in [2.24, 2.45) is 0 Å². The minimum absolute atomic E-state index is 0.148. The van der Waals surface area contributed by atoms with E-state index >= 15 is 0 Å². The molecule has 8 nitrogen and oxygen atoms in total. The number of amides is 1. The highest BCUT2D eigenvalue weighted by atomic mass is 35.5. The zero-order valence-electron chi connectivity index (χ0n) is 19.5. The molecule has 10 heteroatoms. The zero-order valence-corrected chi connectivity index (χ0v) is 21.0. The Morgan fingerprint density at radius 1 is 1.26 bits per heavy atom. The summed E-state index contributed by atoms with van der Waals surface area (Å²) in [5, 5.41) is 13.9. The van der Waals surface area contributed by atoms with Crippen LogP contribution in [0.2, 0.25) is 4.34 Å². The molecule has 184 valence electrons. The Labute approximate surface area is 209 Å². The van der Waals surface area contributed by atoms with Crippen LogP contribution in [0, 0.1) is 0 Å². The van der Waals surface area contributed by atoms with Crippen LogP contribution in [0.3, 0.4) is 0 Å². The summed E-state index contributed by atoms with van der Waals surface area (Å²) in [5.74, 6) is 1.04. The van der Waals surface area contributed by atoms with Crippen molar-refractivity contribution < 1.29 is 14.6 Å². The van der Waals surface area contributed by atoms with Crippen LogP contribution in [0.25, 0.3) is 0 Å². The molecule has 34 heavy (non-hydrogen) atoms. The number of rotatable bonds is 6. The number of fused-ring (bicyclic) bond motifs is 1. The Morgan fingerprint density at radius 2 is 2.03 bits per heavy atom. The summed E-state index contributed by atoms with van der Waals surface area (Å²) in [5.41, 5.74) is 1.81. The van der Waals surface area contributed by atoms with E-state index in [1.807, 2.05) is 17.0 Å². The molecule has 0 aromatic carbocycles. The number of piperazine rings is 1. The molecule has 3 aliphatic rings. The van der Waals surface area contributed by atoms with Crippen LogP contribution in [0.5, 0.6) is 0 Å². The molecule has 2 aliphatic heterocycles. The molecule has 4 heterocycles. The number of aromatic nitrogens is 2. The maximum absolute atomic E-state index is 13.7. The zero-order chi connectivity index (χ0) is 23.7. The van der Waals surface area contributed by atoms with E-state index < -0.39 is 6.10 Å². The van der Waals surface area contributed by atoms with Crippen molar-refractivity contribution in [3.63, 3.8) is 0 Å². The van der Waals surface area contributed by atoms with Gasteiger partial charge in [-0.05, 0) is 37.3 Å². The molecule has 1 amide bonds. The number of thiophene rings is 1. The van der Waals surface area contributed by atoms with Crippen molar-refractivity contribution >= 4 is 34.7 Å². The second-order valence-corrected chi connectivity index (χ2v) is 11.2. The van der Waals surface area contributed by atoms with Gasteiger partial charge in [0.05, 0.1) is 22.1 Å². The van der Waals surface area contributed by atoms with Crippen LogP contribution in [0.1, 0.15) is 60.3 Å². The fourth-order valence-electron chi connectivity index (χ4n) is 5.32.